The van der Waals surface area contributed by atoms with E-state index in [0.29, 0.717) is 10.2 Å². The molecule has 0 unspecified atom stereocenters. The van der Waals surface area contributed by atoms with E-state index in [1.807, 2.05) is 17.5 Å². The van der Waals surface area contributed by atoms with Gasteiger partial charge in [0.05, 0.1) is 11.9 Å². The van der Waals surface area contributed by atoms with Crippen molar-refractivity contribution in [3.8, 4) is 23.5 Å². The Bertz CT molecular complexity index is 1050. The predicted octanol–water partition coefficient (Wildman–Crippen LogP) is 3.35. The summed E-state index contributed by atoms with van der Waals surface area (Å²) in [5, 5.41) is 2.41. The number of fused-ring (bicyclic) bond motifs is 1. The SMILES string of the molecule is C#CCn1c(=O)[nH]c2scc(-c3ccc(C(C)(C)C)cc3)c2c1=O. The molecule has 1 N–H and O–H groups in total. The molecule has 0 aliphatic heterocycles. The molecule has 2 aromatic heterocycles. The molecule has 0 bridgehead atoms. The first-order valence-corrected chi connectivity index (χ1v) is 8.49. The molecule has 2 heterocycles. The number of aromatic nitrogens is 2. The Hall–Kier alpha value is -2.58. The highest BCUT2D eigenvalue weighted by molar-refractivity contribution is 7.17. The summed E-state index contributed by atoms with van der Waals surface area (Å²) in [7, 11) is 0. The monoisotopic (exact) mass is 338 g/mol. The molecule has 0 aliphatic rings. The quantitative estimate of drug-likeness (QED) is 0.729. The van der Waals surface area contributed by atoms with Gasteiger partial charge in [0, 0.05) is 10.9 Å². The van der Waals surface area contributed by atoms with Gasteiger partial charge in [-0.1, -0.05) is 51.0 Å². The number of benzene rings is 1. The van der Waals surface area contributed by atoms with Gasteiger partial charge in [0.2, 0.25) is 0 Å². The van der Waals surface area contributed by atoms with Gasteiger partial charge in [0.25, 0.3) is 5.56 Å². The van der Waals surface area contributed by atoms with E-state index in [9.17, 15) is 9.59 Å². The highest BCUT2D eigenvalue weighted by Gasteiger charge is 2.16. The normalized spacial score (nSPS) is 11.6. The largest absolute Gasteiger partial charge is 0.330 e. The molecule has 24 heavy (non-hydrogen) atoms. The second kappa shape index (κ2) is 5.81. The van der Waals surface area contributed by atoms with Crippen molar-refractivity contribution in [1.82, 2.24) is 9.55 Å². The Balaban J connectivity index is 2.21. The van der Waals surface area contributed by atoms with Crippen molar-refractivity contribution in [1.29, 1.82) is 0 Å². The van der Waals surface area contributed by atoms with Crippen molar-refractivity contribution in [2.75, 3.05) is 0 Å². The van der Waals surface area contributed by atoms with Crippen LogP contribution >= 0.6 is 11.3 Å². The van der Waals surface area contributed by atoms with Crippen molar-refractivity contribution < 1.29 is 0 Å². The van der Waals surface area contributed by atoms with E-state index in [2.05, 4.69) is 43.8 Å². The maximum absolute atomic E-state index is 12.7. The first-order valence-electron chi connectivity index (χ1n) is 7.61. The summed E-state index contributed by atoms with van der Waals surface area (Å²) < 4.78 is 1.06. The minimum atomic E-state index is -0.470. The number of aromatic amines is 1. The van der Waals surface area contributed by atoms with Crippen LogP contribution in [0.25, 0.3) is 21.3 Å². The van der Waals surface area contributed by atoms with Crippen LogP contribution in [0.3, 0.4) is 0 Å². The predicted molar refractivity (Wildman–Crippen MR) is 99.7 cm³/mol. The Morgan fingerprint density at radius 1 is 1.21 bits per heavy atom. The van der Waals surface area contributed by atoms with Crippen molar-refractivity contribution in [3.63, 3.8) is 0 Å². The van der Waals surface area contributed by atoms with Gasteiger partial charge >= 0.3 is 5.69 Å². The zero-order valence-corrected chi connectivity index (χ0v) is 14.7. The average molecular weight is 338 g/mol. The molecule has 3 aromatic rings. The van der Waals surface area contributed by atoms with Crippen LogP contribution in [-0.4, -0.2) is 9.55 Å². The molecule has 5 heteroatoms. The maximum atomic E-state index is 12.7. The molecule has 122 valence electrons. The van der Waals surface area contributed by atoms with Gasteiger partial charge in [-0.15, -0.1) is 17.8 Å². The number of hydrogen-bond acceptors (Lipinski definition) is 3. The third-order valence-electron chi connectivity index (χ3n) is 4.03. The van der Waals surface area contributed by atoms with Crippen molar-refractivity contribution >= 4 is 21.6 Å². The zero-order valence-electron chi connectivity index (χ0n) is 13.8. The second-order valence-corrected chi connectivity index (χ2v) is 7.59. The van der Waals surface area contributed by atoms with Crippen LogP contribution in [0.4, 0.5) is 0 Å². The molecular weight excluding hydrogens is 320 g/mol. The standard InChI is InChI=1S/C19H18N2O2S/c1-5-10-21-17(22)15-14(11-24-16(15)20-18(21)23)12-6-8-13(9-7-12)19(2,3)4/h1,6-9,11H,10H2,2-4H3,(H,20,23). The fourth-order valence-corrected chi connectivity index (χ4v) is 3.60. The molecule has 0 saturated heterocycles. The number of hydrogen-bond donors (Lipinski definition) is 1. The van der Waals surface area contributed by atoms with Crippen molar-refractivity contribution in [2.24, 2.45) is 0 Å². The minimum Gasteiger partial charge on any atom is -0.298 e. The number of terminal acetylenes is 1. The first-order chi connectivity index (χ1) is 11.3. The lowest BCUT2D eigenvalue weighted by Crippen LogP contribution is -2.34. The average Bonchev–Trinajstić information content (AvgIpc) is 2.94. The first kappa shape index (κ1) is 16.3. The van der Waals surface area contributed by atoms with E-state index < -0.39 is 5.69 Å². The summed E-state index contributed by atoms with van der Waals surface area (Å²) in [5.74, 6) is 2.35. The van der Waals surface area contributed by atoms with Gasteiger partial charge in [-0.2, -0.15) is 0 Å². The molecule has 0 saturated carbocycles. The van der Waals surface area contributed by atoms with Crippen LogP contribution in [0.15, 0.2) is 39.2 Å². The highest BCUT2D eigenvalue weighted by atomic mass is 32.1. The topological polar surface area (TPSA) is 54.9 Å². The fraction of sp³-hybridized carbons (Fsp3) is 0.263. The van der Waals surface area contributed by atoms with E-state index in [0.717, 1.165) is 15.7 Å². The number of nitrogens with zero attached hydrogens (tertiary/aromatic N) is 1. The zero-order chi connectivity index (χ0) is 17.5. The second-order valence-electron chi connectivity index (χ2n) is 6.71. The van der Waals surface area contributed by atoms with Gasteiger partial charge in [0.1, 0.15) is 4.83 Å². The van der Waals surface area contributed by atoms with E-state index in [4.69, 9.17) is 6.42 Å². The molecule has 4 nitrogen and oxygen atoms in total. The van der Waals surface area contributed by atoms with Crippen LogP contribution in [-0.2, 0) is 12.0 Å². The third-order valence-corrected chi connectivity index (χ3v) is 4.92. The smallest absolute Gasteiger partial charge is 0.298 e. The van der Waals surface area contributed by atoms with Gasteiger partial charge in [0.15, 0.2) is 0 Å². The molecular formula is C19H18N2O2S. The Morgan fingerprint density at radius 3 is 2.46 bits per heavy atom. The lowest BCUT2D eigenvalue weighted by Gasteiger charge is -2.19. The van der Waals surface area contributed by atoms with Gasteiger partial charge in [-0.3, -0.25) is 9.78 Å². The molecule has 0 radical (unpaired) electrons. The number of nitrogens with one attached hydrogen (secondary N) is 1. The van der Waals surface area contributed by atoms with E-state index >= 15 is 0 Å². The van der Waals surface area contributed by atoms with Crippen LogP contribution < -0.4 is 11.2 Å². The molecule has 0 amide bonds. The van der Waals surface area contributed by atoms with Crippen LogP contribution in [0, 0.1) is 12.3 Å². The maximum Gasteiger partial charge on any atom is 0.330 e. The summed E-state index contributed by atoms with van der Waals surface area (Å²) >= 11 is 1.35. The number of thiophene rings is 1. The molecule has 0 aliphatic carbocycles. The Kier molecular flexibility index (Phi) is 3.94. The molecule has 3 rings (SSSR count). The van der Waals surface area contributed by atoms with Crippen molar-refractivity contribution in [2.45, 2.75) is 32.7 Å². The van der Waals surface area contributed by atoms with E-state index in [1.54, 1.807) is 0 Å². The summed E-state index contributed by atoms with van der Waals surface area (Å²) in [6.07, 6.45) is 5.26. The van der Waals surface area contributed by atoms with Crippen LogP contribution in [0.2, 0.25) is 0 Å². The summed E-state index contributed by atoms with van der Waals surface area (Å²) in [5.41, 5.74) is 2.25. The van der Waals surface area contributed by atoms with Crippen LogP contribution in [0.5, 0.6) is 0 Å². The molecule has 1 aromatic carbocycles. The number of rotatable bonds is 2. The molecule has 0 fully saturated rings. The lowest BCUT2D eigenvalue weighted by molar-refractivity contribution is 0.590. The van der Waals surface area contributed by atoms with Gasteiger partial charge in [-0.25, -0.2) is 9.36 Å². The van der Waals surface area contributed by atoms with E-state index in [1.165, 1.54) is 16.9 Å². The van der Waals surface area contributed by atoms with Crippen LogP contribution in [0.1, 0.15) is 26.3 Å². The fourth-order valence-electron chi connectivity index (χ4n) is 2.65. The summed E-state index contributed by atoms with van der Waals surface area (Å²) in [6.45, 7) is 6.43. The third kappa shape index (κ3) is 2.70. The lowest BCUT2D eigenvalue weighted by atomic mass is 9.86. The van der Waals surface area contributed by atoms with Gasteiger partial charge in [-0.05, 0) is 16.5 Å². The highest BCUT2D eigenvalue weighted by Crippen LogP contribution is 2.32. The number of H-pyrrole nitrogens is 1. The minimum absolute atomic E-state index is 0.0393. The summed E-state index contributed by atoms with van der Waals surface area (Å²) in [4.78, 5) is 28.0. The van der Waals surface area contributed by atoms with Gasteiger partial charge < -0.3 is 0 Å². The van der Waals surface area contributed by atoms with Crippen molar-refractivity contribution in [3.05, 3.63) is 56.0 Å². The van der Waals surface area contributed by atoms with E-state index in [-0.39, 0.29) is 17.5 Å². The Morgan fingerprint density at radius 2 is 1.88 bits per heavy atom. The summed E-state index contributed by atoms with van der Waals surface area (Å²) in [6, 6.07) is 8.17. The molecule has 0 spiro atoms. The molecule has 0 atom stereocenters. The Labute approximate surface area is 143 Å².